The summed E-state index contributed by atoms with van der Waals surface area (Å²) in [6.07, 6.45) is 3.96. The molecular formula is C20H22N2O3. The van der Waals surface area contributed by atoms with Gasteiger partial charge in [0.05, 0.1) is 6.10 Å². The minimum atomic E-state index is 0.209. The Bertz CT molecular complexity index is 705. The molecule has 2 N–H and O–H groups in total. The van der Waals surface area contributed by atoms with Gasteiger partial charge in [-0.05, 0) is 66.9 Å². The van der Waals surface area contributed by atoms with Gasteiger partial charge in [0, 0.05) is 25.0 Å². The molecule has 130 valence electrons. The summed E-state index contributed by atoms with van der Waals surface area (Å²) in [5, 5.41) is 14.9. The van der Waals surface area contributed by atoms with E-state index in [0.29, 0.717) is 24.5 Å². The normalized spacial score (nSPS) is 16.4. The van der Waals surface area contributed by atoms with E-state index in [9.17, 15) is 0 Å². The fraction of sp³-hybridized carbons (Fsp3) is 0.300. The van der Waals surface area contributed by atoms with E-state index in [2.05, 4.69) is 0 Å². The zero-order valence-corrected chi connectivity index (χ0v) is 14.0. The molecule has 0 amide bonds. The molecule has 1 heterocycles. The van der Waals surface area contributed by atoms with Crippen LogP contribution in [0.25, 0.3) is 0 Å². The molecule has 1 atom stereocenters. The van der Waals surface area contributed by atoms with Crippen molar-refractivity contribution in [3.05, 3.63) is 54.1 Å². The maximum atomic E-state index is 7.83. The van der Waals surface area contributed by atoms with E-state index in [-0.39, 0.29) is 6.10 Å². The van der Waals surface area contributed by atoms with Crippen molar-refractivity contribution in [3.8, 4) is 17.2 Å². The summed E-state index contributed by atoms with van der Waals surface area (Å²) in [6, 6.07) is 14.8. The van der Waals surface area contributed by atoms with E-state index in [1.165, 1.54) is 6.21 Å². The standard InChI is InChI=1S/C20H22N2O3/c21-12-11-20(22)15-3-5-17(6-4-15)25-18-9-7-16(8-10-18)24-14-19-2-1-13-23-19/h3-10,12,19,21-22H,1-2,11,13-14H2. The number of hydrogen-bond acceptors (Lipinski definition) is 5. The largest absolute Gasteiger partial charge is 0.491 e. The summed E-state index contributed by atoms with van der Waals surface area (Å²) in [4.78, 5) is 0. The van der Waals surface area contributed by atoms with Crippen molar-refractivity contribution in [2.75, 3.05) is 13.2 Å². The van der Waals surface area contributed by atoms with Crippen molar-refractivity contribution in [2.24, 2.45) is 0 Å². The van der Waals surface area contributed by atoms with Gasteiger partial charge in [0.2, 0.25) is 0 Å². The zero-order valence-electron chi connectivity index (χ0n) is 14.0. The molecule has 0 saturated carbocycles. The van der Waals surface area contributed by atoms with Gasteiger partial charge in [0.1, 0.15) is 23.9 Å². The highest BCUT2D eigenvalue weighted by molar-refractivity contribution is 6.04. The van der Waals surface area contributed by atoms with Crippen molar-refractivity contribution < 1.29 is 14.2 Å². The molecule has 5 nitrogen and oxygen atoms in total. The molecule has 1 saturated heterocycles. The fourth-order valence-electron chi connectivity index (χ4n) is 2.65. The quantitative estimate of drug-likeness (QED) is 0.699. The van der Waals surface area contributed by atoms with Crippen LogP contribution in [0.15, 0.2) is 48.5 Å². The summed E-state index contributed by atoms with van der Waals surface area (Å²) in [6.45, 7) is 1.42. The van der Waals surface area contributed by atoms with Crippen LogP contribution < -0.4 is 9.47 Å². The van der Waals surface area contributed by atoms with Crippen LogP contribution in [0.5, 0.6) is 17.2 Å². The van der Waals surface area contributed by atoms with Crippen molar-refractivity contribution in [1.29, 1.82) is 10.8 Å². The highest BCUT2D eigenvalue weighted by Gasteiger charge is 2.15. The van der Waals surface area contributed by atoms with Gasteiger partial charge in [-0.1, -0.05) is 0 Å². The second kappa shape index (κ2) is 8.44. The van der Waals surface area contributed by atoms with Gasteiger partial charge in [0.15, 0.2) is 0 Å². The van der Waals surface area contributed by atoms with Crippen LogP contribution in [0, 0.1) is 10.8 Å². The Morgan fingerprint density at radius 2 is 1.68 bits per heavy atom. The Kier molecular flexibility index (Phi) is 5.80. The monoisotopic (exact) mass is 338 g/mol. The molecule has 5 heteroatoms. The summed E-state index contributed by atoms with van der Waals surface area (Å²) < 4.78 is 17.1. The van der Waals surface area contributed by atoms with Gasteiger partial charge < -0.3 is 25.0 Å². The van der Waals surface area contributed by atoms with Gasteiger partial charge in [-0.3, -0.25) is 0 Å². The number of rotatable bonds is 8. The highest BCUT2D eigenvalue weighted by atomic mass is 16.5. The van der Waals surface area contributed by atoms with E-state index < -0.39 is 0 Å². The van der Waals surface area contributed by atoms with Gasteiger partial charge in [-0.2, -0.15) is 0 Å². The summed E-state index contributed by atoms with van der Waals surface area (Å²) in [7, 11) is 0. The van der Waals surface area contributed by atoms with E-state index >= 15 is 0 Å². The Morgan fingerprint density at radius 3 is 2.28 bits per heavy atom. The SMILES string of the molecule is N=CCC(=N)c1ccc(Oc2ccc(OCC3CCCO3)cc2)cc1. The average Bonchev–Trinajstić information content (AvgIpc) is 3.15. The molecule has 2 aromatic rings. The molecule has 1 fully saturated rings. The van der Waals surface area contributed by atoms with Crippen molar-refractivity contribution in [2.45, 2.75) is 25.4 Å². The predicted molar refractivity (Wildman–Crippen MR) is 97.7 cm³/mol. The minimum Gasteiger partial charge on any atom is -0.491 e. The molecule has 0 bridgehead atoms. The van der Waals surface area contributed by atoms with E-state index in [1.807, 2.05) is 48.5 Å². The lowest BCUT2D eigenvalue weighted by atomic mass is 10.1. The maximum Gasteiger partial charge on any atom is 0.127 e. The van der Waals surface area contributed by atoms with Crippen LogP contribution in [0.2, 0.25) is 0 Å². The predicted octanol–water partition coefficient (Wildman–Crippen LogP) is 4.44. The average molecular weight is 338 g/mol. The van der Waals surface area contributed by atoms with Crippen LogP contribution >= 0.6 is 0 Å². The summed E-state index contributed by atoms with van der Waals surface area (Å²) in [5.41, 5.74) is 1.23. The topological polar surface area (TPSA) is 75.4 Å². The first kappa shape index (κ1) is 17.2. The lowest BCUT2D eigenvalue weighted by Gasteiger charge is -2.12. The van der Waals surface area contributed by atoms with Crippen LogP contribution in [-0.2, 0) is 4.74 Å². The van der Waals surface area contributed by atoms with Gasteiger partial charge in [-0.15, -0.1) is 0 Å². The first-order valence-corrected chi connectivity index (χ1v) is 8.44. The van der Waals surface area contributed by atoms with Crippen molar-refractivity contribution >= 4 is 11.9 Å². The van der Waals surface area contributed by atoms with E-state index in [0.717, 1.165) is 36.5 Å². The van der Waals surface area contributed by atoms with Crippen LogP contribution in [0.1, 0.15) is 24.8 Å². The Labute approximate surface area is 147 Å². The molecule has 25 heavy (non-hydrogen) atoms. The van der Waals surface area contributed by atoms with Crippen LogP contribution in [-0.4, -0.2) is 31.2 Å². The molecule has 0 radical (unpaired) electrons. The molecule has 3 rings (SSSR count). The Balaban J connectivity index is 1.53. The van der Waals surface area contributed by atoms with Crippen molar-refractivity contribution in [3.63, 3.8) is 0 Å². The zero-order chi connectivity index (χ0) is 17.5. The molecular weight excluding hydrogens is 316 g/mol. The molecule has 1 unspecified atom stereocenters. The van der Waals surface area contributed by atoms with Crippen LogP contribution in [0.3, 0.4) is 0 Å². The molecule has 1 aliphatic heterocycles. The minimum absolute atomic E-state index is 0.209. The third-order valence-corrected chi connectivity index (χ3v) is 4.03. The fourth-order valence-corrected chi connectivity index (χ4v) is 2.65. The molecule has 0 aliphatic carbocycles. The van der Waals surface area contributed by atoms with Gasteiger partial charge in [-0.25, -0.2) is 0 Å². The lowest BCUT2D eigenvalue weighted by molar-refractivity contribution is 0.0679. The second-order valence-corrected chi connectivity index (χ2v) is 5.93. The maximum absolute atomic E-state index is 7.83. The number of ether oxygens (including phenoxy) is 3. The second-order valence-electron chi connectivity index (χ2n) is 5.93. The van der Waals surface area contributed by atoms with E-state index in [1.54, 1.807) is 0 Å². The first-order chi connectivity index (χ1) is 12.2. The van der Waals surface area contributed by atoms with Gasteiger partial charge in [0.25, 0.3) is 0 Å². The Hall–Kier alpha value is -2.66. The van der Waals surface area contributed by atoms with Crippen LogP contribution in [0.4, 0.5) is 0 Å². The first-order valence-electron chi connectivity index (χ1n) is 8.44. The summed E-state index contributed by atoms with van der Waals surface area (Å²) >= 11 is 0. The molecule has 1 aliphatic rings. The van der Waals surface area contributed by atoms with Gasteiger partial charge >= 0.3 is 0 Å². The smallest absolute Gasteiger partial charge is 0.127 e. The number of benzene rings is 2. The van der Waals surface area contributed by atoms with E-state index in [4.69, 9.17) is 25.0 Å². The molecule has 0 aromatic heterocycles. The third kappa shape index (κ3) is 4.90. The van der Waals surface area contributed by atoms with Crippen molar-refractivity contribution in [1.82, 2.24) is 0 Å². The number of hydrogen-bond donors (Lipinski definition) is 2. The molecule has 0 spiro atoms. The molecule has 2 aromatic carbocycles. The Morgan fingerprint density at radius 1 is 1.04 bits per heavy atom. The third-order valence-electron chi connectivity index (χ3n) is 4.03. The number of nitrogens with one attached hydrogen (secondary N) is 2. The lowest BCUT2D eigenvalue weighted by Crippen LogP contribution is -2.16. The summed E-state index contributed by atoms with van der Waals surface area (Å²) in [5.74, 6) is 2.24. The highest BCUT2D eigenvalue weighted by Crippen LogP contribution is 2.25.